The molecule has 0 saturated heterocycles. The summed E-state index contributed by atoms with van der Waals surface area (Å²) < 4.78 is 33.6. The largest absolute Gasteiger partial charge is 0.482 e. The van der Waals surface area contributed by atoms with Crippen LogP contribution in [0.2, 0.25) is 5.02 Å². The molecule has 0 aliphatic carbocycles. The number of likely N-dealkylation sites (N-methyl/N-ethyl adjacent to an activating group) is 1. The van der Waals surface area contributed by atoms with Gasteiger partial charge >= 0.3 is 0 Å². The van der Waals surface area contributed by atoms with Crippen LogP contribution in [0, 0.1) is 0 Å². The van der Waals surface area contributed by atoms with E-state index in [0.717, 1.165) is 11.1 Å². The van der Waals surface area contributed by atoms with Crippen molar-refractivity contribution >= 4 is 27.5 Å². The Morgan fingerprint density at radius 3 is 2.28 bits per heavy atom. The Hall–Kier alpha value is -2.87. The maximum atomic E-state index is 12.7. The summed E-state index contributed by atoms with van der Waals surface area (Å²) in [6, 6.07) is 22.6. The van der Waals surface area contributed by atoms with E-state index in [4.69, 9.17) is 16.3 Å². The molecule has 32 heavy (non-hydrogen) atoms. The van der Waals surface area contributed by atoms with Crippen molar-refractivity contribution < 1.29 is 17.9 Å². The smallest absolute Gasteiger partial charge is 0.260 e. The first-order valence-electron chi connectivity index (χ1n) is 10.0. The van der Waals surface area contributed by atoms with Crippen LogP contribution in [0.25, 0.3) is 0 Å². The van der Waals surface area contributed by atoms with Crippen molar-refractivity contribution in [1.29, 1.82) is 0 Å². The minimum atomic E-state index is -3.79. The van der Waals surface area contributed by atoms with Crippen LogP contribution in [0.3, 0.4) is 0 Å². The van der Waals surface area contributed by atoms with E-state index < -0.39 is 16.1 Å². The fourth-order valence-electron chi connectivity index (χ4n) is 3.07. The zero-order chi connectivity index (χ0) is 23.1. The molecule has 1 N–H and O–H groups in total. The van der Waals surface area contributed by atoms with Crippen molar-refractivity contribution in [2.75, 3.05) is 13.7 Å². The number of carbonyl (C=O) groups is 1. The zero-order valence-electron chi connectivity index (χ0n) is 17.9. The number of nitrogens with zero attached hydrogens (tertiary/aromatic N) is 1. The Balaban J connectivity index is 1.61. The van der Waals surface area contributed by atoms with Crippen molar-refractivity contribution in [1.82, 2.24) is 9.62 Å². The lowest BCUT2D eigenvalue weighted by Gasteiger charge is -2.18. The molecule has 0 radical (unpaired) electrons. The first-order valence-corrected chi connectivity index (χ1v) is 11.9. The molecule has 0 heterocycles. The van der Waals surface area contributed by atoms with Gasteiger partial charge in [0, 0.05) is 19.6 Å². The van der Waals surface area contributed by atoms with E-state index in [1.54, 1.807) is 18.9 Å². The second kappa shape index (κ2) is 10.6. The van der Waals surface area contributed by atoms with Crippen molar-refractivity contribution in [2.24, 2.45) is 0 Å². The average molecular weight is 473 g/mol. The second-order valence-corrected chi connectivity index (χ2v) is 9.49. The first kappa shape index (κ1) is 23.8. The van der Waals surface area contributed by atoms with E-state index in [-0.39, 0.29) is 28.2 Å². The van der Waals surface area contributed by atoms with Crippen LogP contribution in [0.5, 0.6) is 5.75 Å². The third kappa shape index (κ3) is 6.32. The Bertz CT molecular complexity index is 1160. The number of rotatable bonds is 9. The predicted octanol–water partition coefficient (Wildman–Crippen LogP) is 4.42. The van der Waals surface area contributed by atoms with Gasteiger partial charge in [-0.3, -0.25) is 4.79 Å². The van der Waals surface area contributed by atoms with E-state index >= 15 is 0 Å². The Morgan fingerprint density at radius 2 is 1.66 bits per heavy atom. The molecule has 3 aromatic rings. The monoisotopic (exact) mass is 472 g/mol. The van der Waals surface area contributed by atoms with Crippen molar-refractivity contribution in [3.8, 4) is 5.75 Å². The average Bonchev–Trinajstić information content (AvgIpc) is 2.79. The predicted molar refractivity (Wildman–Crippen MR) is 125 cm³/mol. The maximum Gasteiger partial charge on any atom is 0.260 e. The van der Waals surface area contributed by atoms with Gasteiger partial charge in [-0.25, -0.2) is 13.1 Å². The summed E-state index contributed by atoms with van der Waals surface area (Å²) in [5.41, 5.74) is 1.86. The van der Waals surface area contributed by atoms with Crippen molar-refractivity contribution in [3.05, 3.63) is 95.0 Å². The van der Waals surface area contributed by atoms with E-state index in [2.05, 4.69) is 4.72 Å². The fraction of sp³-hybridized carbons (Fsp3) is 0.208. The highest BCUT2D eigenvalue weighted by atomic mass is 35.5. The molecule has 0 fully saturated rings. The molecule has 1 atom stereocenters. The van der Waals surface area contributed by atoms with Gasteiger partial charge in [0.2, 0.25) is 10.0 Å². The molecule has 3 aromatic carbocycles. The summed E-state index contributed by atoms with van der Waals surface area (Å²) in [6.45, 7) is 2.02. The molecule has 0 spiro atoms. The van der Waals surface area contributed by atoms with Gasteiger partial charge in [0.25, 0.3) is 5.91 Å². The summed E-state index contributed by atoms with van der Waals surface area (Å²) >= 11 is 6.24. The second-order valence-electron chi connectivity index (χ2n) is 7.37. The third-order valence-corrected chi connectivity index (χ3v) is 6.72. The molecule has 168 valence electrons. The molecule has 8 heteroatoms. The van der Waals surface area contributed by atoms with Gasteiger partial charge in [0.05, 0.1) is 9.92 Å². The van der Waals surface area contributed by atoms with E-state index in [9.17, 15) is 13.2 Å². The molecule has 0 aliphatic heterocycles. The van der Waals surface area contributed by atoms with Crippen LogP contribution in [0.15, 0.2) is 83.8 Å². The van der Waals surface area contributed by atoms with Crippen molar-refractivity contribution in [2.45, 2.75) is 24.4 Å². The Labute approximate surface area is 193 Å². The normalized spacial score (nSPS) is 12.2. The van der Waals surface area contributed by atoms with Gasteiger partial charge < -0.3 is 9.64 Å². The standard InChI is InChI=1S/C24H25ClN2O4S/c1-18(20-11-7-4-8-12-20)26-32(29,30)21-13-14-23(22(25)15-21)31-17-24(28)27(2)16-19-9-5-3-6-10-19/h3-15,18,26H,16-17H2,1-2H3. The van der Waals surface area contributed by atoms with Gasteiger partial charge in [-0.15, -0.1) is 0 Å². The molecule has 0 saturated carbocycles. The quantitative estimate of drug-likeness (QED) is 0.500. The number of amides is 1. The third-order valence-electron chi connectivity index (χ3n) is 4.88. The number of nitrogens with one attached hydrogen (secondary N) is 1. The molecule has 6 nitrogen and oxygen atoms in total. The van der Waals surface area contributed by atoms with Crippen LogP contribution in [-0.4, -0.2) is 32.9 Å². The van der Waals surface area contributed by atoms with Crippen LogP contribution in [0.1, 0.15) is 24.1 Å². The topological polar surface area (TPSA) is 75.7 Å². The van der Waals surface area contributed by atoms with Gasteiger partial charge in [-0.05, 0) is 36.2 Å². The summed E-state index contributed by atoms with van der Waals surface area (Å²) in [5, 5.41) is 0.110. The molecule has 3 rings (SSSR count). The molecular weight excluding hydrogens is 448 g/mol. The van der Waals surface area contributed by atoms with Crippen LogP contribution in [0.4, 0.5) is 0 Å². The summed E-state index contributed by atoms with van der Waals surface area (Å²) in [5.74, 6) is 0.0168. The van der Waals surface area contributed by atoms with Gasteiger partial charge in [0.15, 0.2) is 6.61 Å². The number of sulfonamides is 1. The number of benzene rings is 3. The number of hydrogen-bond acceptors (Lipinski definition) is 4. The minimum Gasteiger partial charge on any atom is -0.482 e. The lowest BCUT2D eigenvalue weighted by Crippen LogP contribution is -2.31. The fourth-order valence-corrected chi connectivity index (χ4v) is 4.63. The van der Waals surface area contributed by atoms with Gasteiger partial charge in [0.1, 0.15) is 5.75 Å². The van der Waals surface area contributed by atoms with Crippen LogP contribution in [-0.2, 0) is 21.4 Å². The SMILES string of the molecule is CC(NS(=O)(=O)c1ccc(OCC(=O)N(C)Cc2ccccc2)c(Cl)c1)c1ccccc1. The van der Waals surface area contributed by atoms with E-state index in [1.807, 2.05) is 60.7 Å². The minimum absolute atomic E-state index is 0.0187. The Morgan fingerprint density at radius 1 is 1.03 bits per heavy atom. The molecule has 0 bridgehead atoms. The van der Waals surface area contributed by atoms with Crippen molar-refractivity contribution in [3.63, 3.8) is 0 Å². The lowest BCUT2D eigenvalue weighted by molar-refractivity contribution is -0.132. The zero-order valence-corrected chi connectivity index (χ0v) is 19.4. The number of halogens is 1. The van der Waals surface area contributed by atoms with Crippen LogP contribution < -0.4 is 9.46 Å². The number of carbonyl (C=O) groups excluding carboxylic acids is 1. The van der Waals surface area contributed by atoms with Crippen LogP contribution >= 0.6 is 11.6 Å². The number of hydrogen-bond donors (Lipinski definition) is 1. The summed E-state index contributed by atoms with van der Waals surface area (Å²) in [6.07, 6.45) is 0. The summed E-state index contributed by atoms with van der Waals surface area (Å²) in [7, 11) is -2.10. The van der Waals surface area contributed by atoms with E-state index in [0.29, 0.717) is 6.54 Å². The molecular formula is C24H25ClN2O4S. The highest BCUT2D eigenvalue weighted by molar-refractivity contribution is 7.89. The first-order chi connectivity index (χ1) is 15.3. The molecule has 0 aliphatic rings. The lowest BCUT2D eigenvalue weighted by atomic mass is 10.1. The highest BCUT2D eigenvalue weighted by Crippen LogP contribution is 2.28. The summed E-state index contributed by atoms with van der Waals surface area (Å²) in [4.78, 5) is 13.9. The Kier molecular flexibility index (Phi) is 7.90. The number of ether oxygens (including phenoxy) is 1. The molecule has 1 amide bonds. The molecule has 0 aromatic heterocycles. The highest BCUT2D eigenvalue weighted by Gasteiger charge is 2.20. The van der Waals surface area contributed by atoms with Gasteiger partial charge in [-0.2, -0.15) is 0 Å². The maximum absolute atomic E-state index is 12.7. The van der Waals surface area contributed by atoms with Gasteiger partial charge in [-0.1, -0.05) is 72.3 Å². The van der Waals surface area contributed by atoms with E-state index in [1.165, 1.54) is 18.2 Å². The molecule has 1 unspecified atom stereocenters.